The van der Waals surface area contributed by atoms with E-state index in [1.807, 2.05) is 36.4 Å². The number of hydrogen-bond acceptors (Lipinski definition) is 6. The van der Waals surface area contributed by atoms with E-state index in [1.54, 1.807) is 17.4 Å². The maximum atomic E-state index is 12.3. The van der Waals surface area contributed by atoms with E-state index in [-0.39, 0.29) is 5.91 Å². The van der Waals surface area contributed by atoms with Crippen molar-refractivity contribution in [2.75, 3.05) is 36.4 Å². The van der Waals surface area contributed by atoms with E-state index in [2.05, 4.69) is 42.8 Å². The van der Waals surface area contributed by atoms with Crippen molar-refractivity contribution in [1.82, 2.24) is 15.1 Å². The van der Waals surface area contributed by atoms with E-state index in [1.165, 1.54) is 4.88 Å². The minimum absolute atomic E-state index is 0.249. The number of nitrogens with one attached hydrogen (secondary N) is 1. The zero-order valence-electron chi connectivity index (χ0n) is 14.9. The van der Waals surface area contributed by atoms with Crippen LogP contribution in [0.25, 0.3) is 0 Å². The molecule has 0 radical (unpaired) electrons. The molecule has 0 aliphatic carbocycles. The van der Waals surface area contributed by atoms with Crippen LogP contribution in [0.4, 0.5) is 11.5 Å². The summed E-state index contributed by atoms with van der Waals surface area (Å²) in [6, 6.07) is 17.2. The molecule has 1 N–H and O–H groups in total. The lowest BCUT2D eigenvalue weighted by atomic mass is 10.2. The van der Waals surface area contributed by atoms with Crippen LogP contribution in [0.2, 0.25) is 0 Å². The van der Waals surface area contributed by atoms with Crippen molar-refractivity contribution in [3.05, 3.63) is 70.5 Å². The zero-order chi connectivity index (χ0) is 18.5. The molecule has 0 atom stereocenters. The van der Waals surface area contributed by atoms with Crippen molar-refractivity contribution in [2.45, 2.75) is 6.54 Å². The highest BCUT2D eigenvalue weighted by molar-refractivity contribution is 7.09. The predicted molar refractivity (Wildman–Crippen MR) is 108 cm³/mol. The summed E-state index contributed by atoms with van der Waals surface area (Å²) >= 11 is 1.80. The largest absolute Gasteiger partial charge is 0.353 e. The molecular weight excluding hydrogens is 358 g/mol. The third kappa shape index (κ3) is 4.50. The molecule has 1 fully saturated rings. The summed E-state index contributed by atoms with van der Waals surface area (Å²) in [5.41, 5.74) is 1.06. The van der Waals surface area contributed by atoms with Crippen molar-refractivity contribution >= 4 is 28.7 Å². The molecule has 7 heteroatoms. The molecule has 1 aliphatic rings. The number of rotatable bonds is 5. The standard InChI is InChI=1S/C20H21N5OS/c26-20(21-16-5-2-1-3-6-16)18-8-9-19(23-22-18)25-12-10-24(11-13-25)15-17-7-4-14-27-17/h1-9,14H,10-13,15H2,(H,21,26). The molecule has 6 nitrogen and oxygen atoms in total. The number of carbonyl (C=O) groups excluding carboxylic acids is 1. The molecule has 4 rings (SSSR count). The molecule has 1 aliphatic heterocycles. The predicted octanol–water partition coefficient (Wildman–Crippen LogP) is 3.11. The van der Waals surface area contributed by atoms with Crippen LogP contribution in [0.5, 0.6) is 0 Å². The summed E-state index contributed by atoms with van der Waals surface area (Å²) in [4.78, 5) is 18.3. The molecule has 1 saturated heterocycles. The first-order valence-corrected chi connectivity index (χ1v) is 9.86. The number of nitrogens with zero attached hydrogens (tertiary/aromatic N) is 4. The van der Waals surface area contributed by atoms with Crippen molar-refractivity contribution in [3.63, 3.8) is 0 Å². The number of para-hydroxylation sites is 1. The van der Waals surface area contributed by atoms with E-state index >= 15 is 0 Å². The first kappa shape index (κ1) is 17.6. The Morgan fingerprint density at radius 2 is 1.78 bits per heavy atom. The molecule has 0 unspecified atom stereocenters. The van der Waals surface area contributed by atoms with Crippen LogP contribution >= 0.6 is 11.3 Å². The Balaban J connectivity index is 1.32. The van der Waals surface area contributed by atoms with Crippen LogP contribution in [0.1, 0.15) is 15.4 Å². The van der Waals surface area contributed by atoms with Crippen molar-refractivity contribution in [3.8, 4) is 0 Å². The van der Waals surface area contributed by atoms with Crippen LogP contribution in [-0.2, 0) is 6.54 Å². The van der Waals surface area contributed by atoms with E-state index in [0.29, 0.717) is 5.69 Å². The Kier molecular flexibility index (Phi) is 5.41. The number of amides is 1. The average Bonchev–Trinajstić information content (AvgIpc) is 3.22. The third-order valence-electron chi connectivity index (χ3n) is 4.57. The normalized spacial score (nSPS) is 14.9. The van der Waals surface area contributed by atoms with Gasteiger partial charge in [0, 0.05) is 43.3 Å². The Bertz CT molecular complexity index is 859. The second kappa shape index (κ2) is 8.28. The van der Waals surface area contributed by atoms with Gasteiger partial charge in [-0.3, -0.25) is 9.69 Å². The van der Waals surface area contributed by atoms with Crippen molar-refractivity contribution < 1.29 is 4.79 Å². The highest BCUT2D eigenvalue weighted by Crippen LogP contribution is 2.17. The number of thiophene rings is 1. The Morgan fingerprint density at radius 1 is 0.963 bits per heavy atom. The van der Waals surface area contributed by atoms with Gasteiger partial charge in [-0.2, -0.15) is 0 Å². The molecule has 3 heterocycles. The number of carbonyl (C=O) groups is 1. The van der Waals surface area contributed by atoms with E-state index in [9.17, 15) is 4.79 Å². The Morgan fingerprint density at radius 3 is 2.44 bits per heavy atom. The maximum absolute atomic E-state index is 12.3. The van der Waals surface area contributed by atoms with E-state index in [0.717, 1.165) is 44.2 Å². The summed E-state index contributed by atoms with van der Waals surface area (Å²) < 4.78 is 0. The van der Waals surface area contributed by atoms with Gasteiger partial charge < -0.3 is 10.2 Å². The fourth-order valence-electron chi connectivity index (χ4n) is 3.09. The maximum Gasteiger partial charge on any atom is 0.276 e. The highest BCUT2D eigenvalue weighted by atomic mass is 32.1. The fourth-order valence-corrected chi connectivity index (χ4v) is 3.84. The zero-order valence-corrected chi connectivity index (χ0v) is 15.7. The first-order chi connectivity index (χ1) is 13.3. The van der Waals surface area contributed by atoms with Gasteiger partial charge in [-0.1, -0.05) is 24.3 Å². The van der Waals surface area contributed by atoms with Gasteiger partial charge in [-0.15, -0.1) is 21.5 Å². The van der Waals surface area contributed by atoms with Crippen LogP contribution in [-0.4, -0.2) is 47.2 Å². The summed E-state index contributed by atoms with van der Waals surface area (Å²) in [6.45, 7) is 4.83. The van der Waals surface area contributed by atoms with Crippen molar-refractivity contribution in [1.29, 1.82) is 0 Å². The van der Waals surface area contributed by atoms with Crippen LogP contribution in [0, 0.1) is 0 Å². The molecule has 3 aromatic rings. The number of benzene rings is 1. The lowest BCUT2D eigenvalue weighted by Gasteiger charge is -2.34. The average molecular weight is 379 g/mol. The molecule has 0 spiro atoms. The van der Waals surface area contributed by atoms with Gasteiger partial charge in [-0.05, 0) is 35.7 Å². The van der Waals surface area contributed by atoms with Gasteiger partial charge in [0.25, 0.3) is 5.91 Å². The summed E-state index contributed by atoms with van der Waals surface area (Å²) in [7, 11) is 0. The topological polar surface area (TPSA) is 61.4 Å². The summed E-state index contributed by atoms with van der Waals surface area (Å²) in [6.07, 6.45) is 0. The number of hydrogen-bond donors (Lipinski definition) is 1. The number of piperazine rings is 1. The van der Waals surface area contributed by atoms with Gasteiger partial charge in [0.1, 0.15) is 0 Å². The molecule has 0 bridgehead atoms. The van der Waals surface area contributed by atoms with Crippen LogP contribution in [0.3, 0.4) is 0 Å². The lowest BCUT2D eigenvalue weighted by Crippen LogP contribution is -2.46. The molecule has 0 saturated carbocycles. The SMILES string of the molecule is O=C(Nc1ccccc1)c1ccc(N2CCN(Cc3cccs3)CC2)nn1. The minimum atomic E-state index is -0.249. The summed E-state index contributed by atoms with van der Waals surface area (Å²) in [5, 5.41) is 13.3. The first-order valence-electron chi connectivity index (χ1n) is 8.98. The molecular formula is C20H21N5OS. The van der Waals surface area contributed by atoms with Crippen LogP contribution in [0.15, 0.2) is 60.0 Å². The second-order valence-electron chi connectivity index (χ2n) is 6.44. The highest BCUT2D eigenvalue weighted by Gasteiger charge is 2.19. The molecule has 2 aromatic heterocycles. The number of anilines is 2. The quantitative estimate of drug-likeness (QED) is 0.738. The monoisotopic (exact) mass is 379 g/mol. The van der Waals surface area contributed by atoms with Gasteiger partial charge in [0.2, 0.25) is 0 Å². The summed E-state index contributed by atoms with van der Waals surface area (Å²) in [5.74, 6) is 0.572. The molecule has 1 amide bonds. The molecule has 138 valence electrons. The second-order valence-corrected chi connectivity index (χ2v) is 7.47. The van der Waals surface area contributed by atoms with Crippen LogP contribution < -0.4 is 10.2 Å². The fraction of sp³-hybridized carbons (Fsp3) is 0.250. The molecule has 1 aromatic carbocycles. The van der Waals surface area contributed by atoms with Gasteiger partial charge in [0.05, 0.1) is 0 Å². The Labute approximate surface area is 162 Å². The van der Waals surface area contributed by atoms with Gasteiger partial charge in [0.15, 0.2) is 11.5 Å². The van der Waals surface area contributed by atoms with E-state index < -0.39 is 0 Å². The van der Waals surface area contributed by atoms with Crippen molar-refractivity contribution in [2.24, 2.45) is 0 Å². The number of aromatic nitrogens is 2. The smallest absolute Gasteiger partial charge is 0.276 e. The lowest BCUT2D eigenvalue weighted by molar-refractivity contribution is 0.102. The third-order valence-corrected chi connectivity index (χ3v) is 5.43. The van der Waals surface area contributed by atoms with E-state index in [4.69, 9.17) is 0 Å². The Hall–Kier alpha value is -2.77. The van der Waals surface area contributed by atoms with Gasteiger partial charge >= 0.3 is 0 Å². The minimum Gasteiger partial charge on any atom is -0.353 e. The molecule has 27 heavy (non-hydrogen) atoms. The van der Waals surface area contributed by atoms with Gasteiger partial charge in [-0.25, -0.2) is 0 Å².